The number of nitrogen functional groups attached to an aromatic ring is 1. The number of aliphatic hydroxyl groups excluding tert-OH is 1. The molecule has 1 saturated heterocycles. The van der Waals surface area contributed by atoms with E-state index in [4.69, 9.17) is 38.3 Å². The van der Waals surface area contributed by atoms with Crippen LogP contribution in [0.3, 0.4) is 0 Å². The molecule has 0 bridgehead atoms. The van der Waals surface area contributed by atoms with Gasteiger partial charge in [-0.1, -0.05) is 33.1 Å². The number of carbonyl (C=O) groups is 3. The lowest BCUT2D eigenvalue weighted by molar-refractivity contribution is -0.162. The number of anilines is 1. The van der Waals surface area contributed by atoms with Gasteiger partial charge in [0.05, 0.1) is 23.6 Å². The molecule has 4 rings (SSSR count). The molecular weight excluding hydrogens is 665 g/mol. The molecule has 3 N–H and O–H groups in total. The van der Waals surface area contributed by atoms with Gasteiger partial charge in [-0.15, -0.1) is 0 Å². The minimum atomic E-state index is -4.71. The Labute approximate surface area is 283 Å². The number of ether oxygens (including phenoxy) is 4. The molecule has 49 heavy (non-hydrogen) atoms. The first-order chi connectivity index (χ1) is 23.1. The minimum absolute atomic E-state index is 0.0489. The van der Waals surface area contributed by atoms with Crippen LogP contribution in [0.1, 0.15) is 78.8 Å². The van der Waals surface area contributed by atoms with E-state index in [1.165, 1.54) is 16.6 Å². The summed E-state index contributed by atoms with van der Waals surface area (Å²) in [5, 5.41) is 26.3. The molecule has 5 atom stereocenters. The van der Waals surface area contributed by atoms with E-state index < -0.39 is 81.2 Å². The number of nitrogens with zero attached hydrogens (tertiary/aromatic N) is 4. The van der Waals surface area contributed by atoms with E-state index >= 15 is 0 Å². The molecule has 0 aromatic carbocycles. The third-order valence-corrected chi connectivity index (χ3v) is 9.51. The molecule has 2 fully saturated rings. The summed E-state index contributed by atoms with van der Waals surface area (Å²) in [5.74, 6) is -2.31. The van der Waals surface area contributed by atoms with Gasteiger partial charge < -0.3 is 29.8 Å². The summed E-state index contributed by atoms with van der Waals surface area (Å²) in [7, 11) is -4.71. The molecule has 0 radical (unpaired) electrons. The van der Waals surface area contributed by atoms with Crippen LogP contribution in [0.5, 0.6) is 0 Å². The predicted molar refractivity (Wildman–Crippen MR) is 169 cm³/mol. The fourth-order valence-electron chi connectivity index (χ4n) is 5.46. The van der Waals surface area contributed by atoms with Crippen LogP contribution in [0.4, 0.5) is 5.82 Å². The Morgan fingerprint density at radius 2 is 1.82 bits per heavy atom. The number of nitrogens with two attached hydrogens (primary N) is 1. The van der Waals surface area contributed by atoms with Crippen LogP contribution in [0.2, 0.25) is 0 Å². The van der Waals surface area contributed by atoms with Crippen LogP contribution < -0.4 is 5.73 Å². The Kier molecular flexibility index (Phi) is 12.4. The molecule has 0 amide bonds. The van der Waals surface area contributed by atoms with Crippen molar-refractivity contribution in [1.29, 1.82) is 5.26 Å². The molecule has 2 aliphatic rings. The number of phosphoric ester groups is 1. The first kappa shape index (κ1) is 38.2. The van der Waals surface area contributed by atoms with Gasteiger partial charge in [-0.3, -0.25) is 18.9 Å². The second kappa shape index (κ2) is 15.9. The molecular formula is C31H44N5O12P. The molecule has 1 aliphatic carbocycles. The zero-order valence-corrected chi connectivity index (χ0v) is 29.1. The number of aromatic nitrogens is 3. The smallest absolute Gasteiger partial charge is 0.457 e. The highest BCUT2D eigenvalue weighted by Crippen LogP contribution is 2.51. The van der Waals surface area contributed by atoms with Crippen LogP contribution in [-0.4, -0.2) is 76.1 Å². The number of hydrogen-bond acceptors (Lipinski definition) is 16. The van der Waals surface area contributed by atoms with Gasteiger partial charge in [0.1, 0.15) is 30.1 Å². The van der Waals surface area contributed by atoms with Gasteiger partial charge in [-0.25, -0.2) is 23.1 Å². The Bertz CT molecular complexity index is 1580. The third-order valence-electron chi connectivity index (χ3n) is 8.20. The largest absolute Gasteiger partial charge is 0.480 e. The number of hydrogen-bond donors (Lipinski definition) is 2. The Hall–Kier alpha value is -3.65. The van der Waals surface area contributed by atoms with Crippen LogP contribution in [0.15, 0.2) is 18.5 Å². The van der Waals surface area contributed by atoms with Gasteiger partial charge in [0.15, 0.2) is 11.9 Å². The number of carbonyl (C=O) groups excluding carboxylic acids is 3. The molecule has 0 spiro atoms. The number of fused-ring (bicyclic) bond motifs is 1. The van der Waals surface area contributed by atoms with Gasteiger partial charge in [-0.05, 0) is 51.7 Å². The lowest BCUT2D eigenvalue weighted by Crippen LogP contribution is -2.43. The second-order valence-corrected chi connectivity index (χ2v) is 15.0. The van der Waals surface area contributed by atoms with E-state index in [1.54, 1.807) is 34.6 Å². The van der Waals surface area contributed by atoms with Gasteiger partial charge >= 0.3 is 25.7 Å². The third kappa shape index (κ3) is 9.13. The summed E-state index contributed by atoms with van der Waals surface area (Å²) < 4.78 is 52.8. The summed E-state index contributed by atoms with van der Waals surface area (Å²) >= 11 is 0. The first-order valence-electron chi connectivity index (χ1n) is 16.0. The van der Waals surface area contributed by atoms with Crippen molar-refractivity contribution in [3.05, 3.63) is 24.2 Å². The molecule has 2 aromatic rings. The van der Waals surface area contributed by atoms with Crippen molar-refractivity contribution in [2.24, 2.45) is 17.3 Å². The Morgan fingerprint density at radius 3 is 2.45 bits per heavy atom. The fourth-order valence-corrected chi connectivity index (χ4v) is 6.37. The summed E-state index contributed by atoms with van der Waals surface area (Å²) in [6.45, 7) is 5.51. The van der Waals surface area contributed by atoms with Crippen LogP contribution in [0.25, 0.3) is 5.52 Å². The first-order valence-corrected chi connectivity index (χ1v) is 17.5. The molecule has 1 saturated carbocycles. The number of aliphatic hydroxyl groups is 1. The molecule has 1 unspecified atom stereocenters. The van der Waals surface area contributed by atoms with E-state index in [9.17, 15) is 29.3 Å². The normalized spacial score (nSPS) is 24.3. The highest BCUT2D eigenvalue weighted by atomic mass is 31.2. The summed E-state index contributed by atoms with van der Waals surface area (Å²) in [4.78, 5) is 41.4. The lowest BCUT2D eigenvalue weighted by Gasteiger charge is -2.26. The van der Waals surface area contributed by atoms with Gasteiger partial charge in [0, 0.05) is 6.42 Å². The van der Waals surface area contributed by atoms with Crippen molar-refractivity contribution in [2.75, 3.05) is 25.9 Å². The fraction of sp³-hybridized carbons (Fsp3) is 0.677. The minimum Gasteiger partial charge on any atom is -0.457 e. The zero-order valence-electron chi connectivity index (χ0n) is 28.2. The van der Waals surface area contributed by atoms with Crippen molar-refractivity contribution in [2.45, 2.75) is 97.1 Å². The average Bonchev–Trinajstić information content (AvgIpc) is 3.60. The van der Waals surface area contributed by atoms with Crippen molar-refractivity contribution >= 4 is 37.1 Å². The monoisotopic (exact) mass is 709 g/mol. The van der Waals surface area contributed by atoms with Gasteiger partial charge in [0.25, 0.3) is 0 Å². The van der Waals surface area contributed by atoms with Crippen LogP contribution in [0, 0.1) is 28.6 Å². The molecule has 1 aliphatic heterocycles. The molecule has 270 valence electrons. The average molecular weight is 710 g/mol. The Balaban J connectivity index is 1.60. The quantitative estimate of drug-likeness (QED) is 0.124. The van der Waals surface area contributed by atoms with E-state index in [1.807, 2.05) is 6.07 Å². The molecule has 3 heterocycles. The van der Waals surface area contributed by atoms with Crippen molar-refractivity contribution in [1.82, 2.24) is 14.6 Å². The zero-order chi connectivity index (χ0) is 36.0. The number of nitriles is 1. The van der Waals surface area contributed by atoms with E-state index in [0.717, 1.165) is 38.4 Å². The number of esters is 3. The maximum atomic E-state index is 13.7. The summed E-state index contributed by atoms with van der Waals surface area (Å²) in [6.07, 6.45) is 1.27. The lowest BCUT2D eigenvalue weighted by atomic mass is 9.87. The topological polar surface area (TPSA) is 233 Å². The van der Waals surface area contributed by atoms with Crippen LogP contribution >= 0.6 is 7.82 Å². The molecule has 17 nitrogen and oxygen atoms in total. The van der Waals surface area contributed by atoms with Crippen LogP contribution in [-0.2, 0) is 57.1 Å². The highest BCUT2D eigenvalue weighted by Gasteiger charge is 2.60. The predicted octanol–water partition coefficient (Wildman–Crippen LogP) is 3.53. The standard InChI is InChI=1S/C31H44N5O12P/c1-19(2)28(39)42-17-45-49(41,46-18-43-29(40)30(3,4)5)44-14-22-25(47-24(37)13-20-9-7-6-8-10-20)26(38)31(15-32,48-22)23-12-11-21-27(33)34-16-35-36(21)23/h11-12,16,19-20,22,25-26,38H,6-10,13-14,17-18H2,1-5H3,(H2,33,34,35)/t22-,25-,26-,31+,49?/m1/s1. The second-order valence-electron chi connectivity index (χ2n) is 13.3. The van der Waals surface area contributed by atoms with Crippen molar-refractivity contribution in [3.63, 3.8) is 0 Å². The molecule has 18 heteroatoms. The number of phosphoric acid groups is 1. The van der Waals surface area contributed by atoms with Crippen molar-refractivity contribution < 1.29 is 56.6 Å². The molecule has 2 aromatic heterocycles. The van der Waals surface area contributed by atoms with E-state index in [0.29, 0.717) is 5.52 Å². The maximum absolute atomic E-state index is 13.7. The number of rotatable bonds is 14. The van der Waals surface area contributed by atoms with E-state index in [2.05, 4.69) is 10.1 Å². The SMILES string of the molecule is CC(C)C(=O)OCOP(=O)(OCOC(=O)C(C)(C)C)OC[C@H]1O[C@@](C#N)(c2ccc3c(N)ncnn23)[C@H](O)[C@@H]1OC(=O)CC1CCCCC1. The van der Waals surface area contributed by atoms with Crippen molar-refractivity contribution in [3.8, 4) is 6.07 Å². The maximum Gasteiger partial charge on any atom is 0.480 e. The highest BCUT2D eigenvalue weighted by molar-refractivity contribution is 7.48. The van der Waals surface area contributed by atoms with Gasteiger partial charge in [0.2, 0.25) is 19.2 Å². The summed E-state index contributed by atoms with van der Waals surface area (Å²) in [5.41, 5.74) is 3.25. The summed E-state index contributed by atoms with van der Waals surface area (Å²) in [6, 6.07) is 4.97. The Morgan fingerprint density at radius 1 is 1.14 bits per heavy atom. The van der Waals surface area contributed by atoms with E-state index in [-0.39, 0.29) is 23.9 Å². The van der Waals surface area contributed by atoms with Gasteiger partial charge in [-0.2, -0.15) is 10.4 Å².